The van der Waals surface area contributed by atoms with Crippen LogP contribution in [0.5, 0.6) is 0 Å². The number of esters is 1. The third kappa shape index (κ3) is 4.02. The lowest BCUT2D eigenvalue weighted by atomic mass is 10.3. The van der Waals surface area contributed by atoms with Gasteiger partial charge >= 0.3 is 5.97 Å². The van der Waals surface area contributed by atoms with Gasteiger partial charge in [0.2, 0.25) is 5.91 Å². The molecule has 0 aliphatic carbocycles. The number of thiazole rings is 1. The molecule has 0 atom stereocenters. The van der Waals surface area contributed by atoms with E-state index in [0.29, 0.717) is 18.1 Å². The normalized spacial score (nSPS) is 10.0. The number of hydrogen-bond acceptors (Lipinski definition) is 7. The molecule has 7 nitrogen and oxygen atoms in total. The lowest BCUT2D eigenvalue weighted by Gasteiger charge is -2.09. The van der Waals surface area contributed by atoms with Crippen LogP contribution in [0, 0.1) is 0 Å². The minimum Gasteiger partial charge on any atom is -0.464 e. The zero-order valence-electron chi connectivity index (χ0n) is 11.8. The standard InChI is InChI=1S/C12H17N3O4S/c1-7(16)10-9(11(18)19-4)14-12(20-10)13-6-5-8(17)15(2)3/h5-6H2,1-4H3,(H,13,14). The van der Waals surface area contributed by atoms with Crippen LogP contribution in [0.3, 0.4) is 0 Å². The van der Waals surface area contributed by atoms with Crippen LogP contribution in [0.25, 0.3) is 0 Å². The van der Waals surface area contributed by atoms with Gasteiger partial charge < -0.3 is 15.0 Å². The van der Waals surface area contributed by atoms with Crippen molar-refractivity contribution in [2.45, 2.75) is 13.3 Å². The Morgan fingerprint density at radius 3 is 2.50 bits per heavy atom. The number of ketones is 1. The highest BCUT2D eigenvalue weighted by Crippen LogP contribution is 2.24. The van der Waals surface area contributed by atoms with Gasteiger partial charge in [0.05, 0.1) is 7.11 Å². The molecule has 0 fully saturated rings. The van der Waals surface area contributed by atoms with Gasteiger partial charge in [0.15, 0.2) is 16.6 Å². The van der Waals surface area contributed by atoms with E-state index in [4.69, 9.17) is 0 Å². The Kier molecular flexibility index (Phi) is 5.63. The van der Waals surface area contributed by atoms with Gasteiger partial charge in [-0.3, -0.25) is 9.59 Å². The molecule has 1 amide bonds. The Balaban J connectivity index is 2.75. The summed E-state index contributed by atoms with van der Waals surface area (Å²) in [5, 5.41) is 3.34. The first-order valence-electron chi connectivity index (χ1n) is 5.91. The monoisotopic (exact) mass is 299 g/mol. The summed E-state index contributed by atoms with van der Waals surface area (Å²) in [7, 11) is 4.58. The molecule has 8 heteroatoms. The molecular weight excluding hydrogens is 282 g/mol. The molecule has 0 unspecified atom stereocenters. The predicted molar refractivity (Wildman–Crippen MR) is 75.3 cm³/mol. The summed E-state index contributed by atoms with van der Waals surface area (Å²) in [6, 6.07) is 0. The molecule has 0 aliphatic rings. The maximum atomic E-state index is 11.5. The number of carbonyl (C=O) groups is 3. The highest BCUT2D eigenvalue weighted by atomic mass is 32.1. The van der Waals surface area contributed by atoms with Crippen molar-refractivity contribution in [2.24, 2.45) is 0 Å². The van der Waals surface area contributed by atoms with E-state index >= 15 is 0 Å². The summed E-state index contributed by atoms with van der Waals surface area (Å²) in [4.78, 5) is 40.1. The van der Waals surface area contributed by atoms with Crippen LogP contribution in [-0.2, 0) is 9.53 Å². The topological polar surface area (TPSA) is 88.6 Å². The summed E-state index contributed by atoms with van der Waals surface area (Å²) in [6.45, 7) is 1.74. The van der Waals surface area contributed by atoms with Gasteiger partial charge in [-0.05, 0) is 0 Å². The maximum Gasteiger partial charge on any atom is 0.358 e. The summed E-state index contributed by atoms with van der Waals surface area (Å²) in [5.74, 6) is -0.918. The van der Waals surface area contributed by atoms with Crippen molar-refractivity contribution in [1.82, 2.24) is 9.88 Å². The number of hydrogen-bond donors (Lipinski definition) is 1. The SMILES string of the molecule is COC(=O)c1nc(NCCC(=O)N(C)C)sc1C(C)=O. The number of carbonyl (C=O) groups excluding carboxylic acids is 3. The molecule has 0 radical (unpaired) electrons. The predicted octanol–water partition coefficient (Wildman–Crippen LogP) is 1.02. The summed E-state index contributed by atoms with van der Waals surface area (Å²) >= 11 is 1.07. The van der Waals surface area contributed by atoms with E-state index in [1.165, 1.54) is 18.9 Å². The van der Waals surface area contributed by atoms with Gasteiger partial charge in [-0.15, -0.1) is 0 Å². The number of ether oxygens (including phenoxy) is 1. The molecule has 0 aliphatic heterocycles. The van der Waals surface area contributed by atoms with Gasteiger partial charge in [0, 0.05) is 34.0 Å². The van der Waals surface area contributed by atoms with Gasteiger partial charge in [0.25, 0.3) is 0 Å². The van der Waals surface area contributed by atoms with Crippen LogP contribution >= 0.6 is 11.3 Å². The zero-order chi connectivity index (χ0) is 15.3. The minimum absolute atomic E-state index is 0.00596. The van der Waals surface area contributed by atoms with Gasteiger partial charge in [-0.1, -0.05) is 11.3 Å². The van der Waals surface area contributed by atoms with Gasteiger partial charge in [-0.25, -0.2) is 9.78 Å². The Labute approximate surface area is 120 Å². The zero-order valence-corrected chi connectivity index (χ0v) is 12.7. The smallest absolute Gasteiger partial charge is 0.358 e. The van der Waals surface area contributed by atoms with Crippen LogP contribution in [-0.4, -0.2) is 55.3 Å². The van der Waals surface area contributed by atoms with E-state index in [1.807, 2.05) is 0 Å². The minimum atomic E-state index is -0.649. The van der Waals surface area contributed by atoms with Crippen molar-refractivity contribution in [1.29, 1.82) is 0 Å². The average Bonchev–Trinajstić information content (AvgIpc) is 2.81. The number of amides is 1. The lowest BCUT2D eigenvalue weighted by Crippen LogP contribution is -2.23. The lowest BCUT2D eigenvalue weighted by molar-refractivity contribution is -0.128. The molecule has 1 N–H and O–H groups in total. The molecule has 1 aromatic heterocycles. The molecular formula is C12H17N3O4S. The van der Waals surface area contributed by atoms with Gasteiger partial charge in [-0.2, -0.15) is 0 Å². The van der Waals surface area contributed by atoms with E-state index in [9.17, 15) is 14.4 Å². The van der Waals surface area contributed by atoms with E-state index in [-0.39, 0.29) is 22.3 Å². The third-order valence-electron chi connectivity index (χ3n) is 2.44. The molecule has 0 spiro atoms. The fourth-order valence-electron chi connectivity index (χ4n) is 1.37. The number of anilines is 1. The summed E-state index contributed by atoms with van der Waals surface area (Å²) < 4.78 is 4.58. The van der Waals surface area contributed by atoms with Crippen molar-refractivity contribution < 1.29 is 19.1 Å². The molecule has 0 saturated carbocycles. The van der Waals surface area contributed by atoms with Crippen LogP contribution in [0.1, 0.15) is 33.5 Å². The van der Waals surface area contributed by atoms with E-state index < -0.39 is 5.97 Å². The first-order chi connectivity index (χ1) is 9.36. The molecule has 20 heavy (non-hydrogen) atoms. The fourth-order valence-corrected chi connectivity index (χ4v) is 2.24. The van der Waals surface area contributed by atoms with Crippen LogP contribution in [0.2, 0.25) is 0 Å². The highest BCUT2D eigenvalue weighted by Gasteiger charge is 2.21. The second-order valence-corrected chi connectivity index (χ2v) is 5.21. The summed E-state index contributed by atoms with van der Waals surface area (Å²) in [6.07, 6.45) is 0.301. The van der Waals surface area contributed by atoms with Crippen molar-refractivity contribution >= 4 is 34.1 Å². The first kappa shape index (κ1) is 16.1. The van der Waals surface area contributed by atoms with Crippen LogP contribution in [0.15, 0.2) is 0 Å². The highest BCUT2D eigenvalue weighted by molar-refractivity contribution is 7.17. The number of methoxy groups -OCH3 is 1. The van der Waals surface area contributed by atoms with Crippen molar-refractivity contribution in [2.75, 3.05) is 33.1 Å². The van der Waals surface area contributed by atoms with Crippen molar-refractivity contribution in [3.8, 4) is 0 Å². The maximum absolute atomic E-state index is 11.5. The van der Waals surface area contributed by atoms with Gasteiger partial charge in [0.1, 0.15) is 4.88 Å². The Bertz CT molecular complexity index is 525. The molecule has 1 aromatic rings. The van der Waals surface area contributed by atoms with Crippen molar-refractivity contribution in [3.63, 3.8) is 0 Å². The van der Waals surface area contributed by atoms with E-state index in [0.717, 1.165) is 11.3 Å². The average molecular weight is 299 g/mol. The molecule has 0 saturated heterocycles. The quantitative estimate of drug-likeness (QED) is 0.623. The molecule has 1 heterocycles. The number of Topliss-reactive ketones (excluding diaryl/α,β-unsaturated/α-hetero) is 1. The van der Waals surface area contributed by atoms with E-state index in [1.54, 1.807) is 14.1 Å². The first-order valence-corrected chi connectivity index (χ1v) is 6.72. The molecule has 0 aromatic carbocycles. The second kappa shape index (κ2) is 6.99. The second-order valence-electron chi connectivity index (χ2n) is 4.21. The Morgan fingerprint density at radius 2 is 2.00 bits per heavy atom. The largest absolute Gasteiger partial charge is 0.464 e. The molecule has 110 valence electrons. The van der Waals surface area contributed by atoms with Crippen molar-refractivity contribution in [3.05, 3.63) is 10.6 Å². The molecule has 0 bridgehead atoms. The number of aromatic nitrogens is 1. The molecule has 1 rings (SSSR count). The van der Waals surface area contributed by atoms with Crippen LogP contribution in [0.4, 0.5) is 5.13 Å². The number of nitrogens with zero attached hydrogens (tertiary/aromatic N) is 2. The van der Waals surface area contributed by atoms with Crippen LogP contribution < -0.4 is 5.32 Å². The number of rotatable bonds is 6. The Morgan fingerprint density at radius 1 is 1.35 bits per heavy atom. The third-order valence-corrected chi connectivity index (χ3v) is 3.55. The van der Waals surface area contributed by atoms with E-state index in [2.05, 4.69) is 15.0 Å². The fraction of sp³-hybridized carbons (Fsp3) is 0.500. The number of nitrogens with one attached hydrogen (secondary N) is 1. The summed E-state index contributed by atoms with van der Waals surface area (Å²) in [5.41, 5.74) is 0.00596. The Hall–Kier alpha value is -1.96.